The zero-order valence-electron chi connectivity index (χ0n) is 11.1. The number of ether oxygens (including phenoxy) is 2. The summed E-state index contributed by atoms with van der Waals surface area (Å²) < 4.78 is 11.2. The molecular formula is C14H23NO2. The van der Waals surface area contributed by atoms with Gasteiger partial charge in [-0.25, -0.2) is 0 Å². The van der Waals surface area contributed by atoms with E-state index < -0.39 is 0 Å². The fourth-order valence-corrected chi connectivity index (χ4v) is 1.50. The first kappa shape index (κ1) is 13.8. The average Bonchev–Trinajstić information content (AvgIpc) is 2.34. The molecule has 0 saturated heterocycles. The molecule has 3 nitrogen and oxygen atoms in total. The van der Waals surface area contributed by atoms with E-state index in [2.05, 4.69) is 19.2 Å². The summed E-state index contributed by atoms with van der Waals surface area (Å²) in [5.74, 6) is 1.86. The Morgan fingerprint density at radius 2 is 1.94 bits per heavy atom. The molecule has 0 unspecified atom stereocenters. The van der Waals surface area contributed by atoms with Gasteiger partial charge in [-0.1, -0.05) is 13.8 Å². The molecule has 0 radical (unpaired) electrons. The highest BCUT2D eigenvalue weighted by Gasteiger charge is 2.01. The minimum atomic E-state index is 0.697. The molecule has 1 N–H and O–H groups in total. The van der Waals surface area contributed by atoms with Crippen molar-refractivity contribution >= 4 is 0 Å². The fourth-order valence-electron chi connectivity index (χ4n) is 1.50. The van der Waals surface area contributed by atoms with Crippen LogP contribution in [0, 0.1) is 6.92 Å². The first-order valence-electron chi connectivity index (χ1n) is 6.34. The number of aryl methyl sites for hydroxylation is 1. The molecule has 1 rings (SSSR count). The number of benzene rings is 1. The second kappa shape index (κ2) is 7.96. The lowest BCUT2D eigenvalue weighted by Gasteiger charge is -2.11. The van der Waals surface area contributed by atoms with Crippen LogP contribution < -0.4 is 14.8 Å². The summed E-state index contributed by atoms with van der Waals surface area (Å²) in [6.45, 7) is 9.55. The van der Waals surface area contributed by atoms with Gasteiger partial charge < -0.3 is 14.8 Å². The largest absolute Gasteiger partial charge is 0.493 e. The molecule has 0 aliphatic rings. The minimum absolute atomic E-state index is 0.697. The molecule has 1 aromatic rings. The molecule has 0 fully saturated rings. The van der Waals surface area contributed by atoms with Crippen molar-refractivity contribution in [1.29, 1.82) is 0 Å². The first-order chi connectivity index (χ1) is 8.27. The van der Waals surface area contributed by atoms with Gasteiger partial charge in [0.05, 0.1) is 6.61 Å². The van der Waals surface area contributed by atoms with Gasteiger partial charge in [-0.15, -0.1) is 0 Å². The van der Waals surface area contributed by atoms with Crippen LogP contribution in [0.15, 0.2) is 18.2 Å². The molecule has 0 aliphatic carbocycles. The Labute approximate surface area is 104 Å². The Kier molecular flexibility index (Phi) is 6.48. The van der Waals surface area contributed by atoms with Crippen molar-refractivity contribution in [3.8, 4) is 11.5 Å². The molecule has 0 aliphatic heterocycles. The number of rotatable bonds is 8. The summed E-state index contributed by atoms with van der Waals surface area (Å²) in [5, 5.41) is 3.22. The SMILES string of the molecule is CCCOc1ccc(OCCNCC)cc1C. The Bertz CT molecular complexity index is 326. The van der Waals surface area contributed by atoms with Crippen LogP contribution in [0.5, 0.6) is 11.5 Å². The highest BCUT2D eigenvalue weighted by Crippen LogP contribution is 2.23. The van der Waals surface area contributed by atoms with Gasteiger partial charge in [-0.3, -0.25) is 0 Å². The van der Waals surface area contributed by atoms with E-state index in [9.17, 15) is 0 Å². The summed E-state index contributed by atoms with van der Waals surface area (Å²) in [4.78, 5) is 0. The third-order valence-electron chi connectivity index (χ3n) is 2.41. The van der Waals surface area contributed by atoms with E-state index in [-0.39, 0.29) is 0 Å². The van der Waals surface area contributed by atoms with Gasteiger partial charge in [0.25, 0.3) is 0 Å². The van der Waals surface area contributed by atoms with Gasteiger partial charge in [0.1, 0.15) is 18.1 Å². The monoisotopic (exact) mass is 237 g/mol. The maximum atomic E-state index is 5.63. The van der Waals surface area contributed by atoms with Crippen LogP contribution in [-0.2, 0) is 0 Å². The summed E-state index contributed by atoms with van der Waals surface area (Å²) in [5.41, 5.74) is 1.12. The van der Waals surface area contributed by atoms with E-state index in [1.807, 2.05) is 25.1 Å². The predicted molar refractivity (Wildman–Crippen MR) is 71.0 cm³/mol. The smallest absolute Gasteiger partial charge is 0.122 e. The zero-order chi connectivity index (χ0) is 12.5. The lowest BCUT2D eigenvalue weighted by Crippen LogP contribution is -2.20. The molecule has 0 aromatic heterocycles. The Morgan fingerprint density at radius 3 is 2.59 bits per heavy atom. The van der Waals surface area contributed by atoms with Gasteiger partial charge in [-0.05, 0) is 43.7 Å². The number of hydrogen-bond acceptors (Lipinski definition) is 3. The molecular weight excluding hydrogens is 214 g/mol. The van der Waals surface area contributed by atoms with Crippen LogP contribution in [0.1, 0.15) is 25.8 Å². The van der Waals surface area contributed by atoms with Gasteiger partial charge in [0.15, 0.2) is 0 Å². The molecule has 0 atom stereocenters. The lowest BCUT2D eigenvalue weighted by molar-refractivity contribution is 0.306. The molecule has 0 amide bonds. The molecule has 0 spiro atoms. The van der Waals surface area contributed by atoms with Crippen LogP contribution >= 0.6 is 0 Å². The van der Waals surface area contributed by atoms with E-state index in [1.54, 1.807) is 0 Å². The van der Waals surface area contributed by atoms with Crippen molar-refractivity contribution in [2.45, 2.75) is 27.2 Å². The van der Waals surface area contributed by atoms with Crippen molar-refractivity contribution in [2.75, 3.05) is 26.3 Å². The fraction of sp³-hybridized carbons (Fsp3) is 0.571. The van der Waals surface area contributed by atoms with Crippen molar-refractivity contribution in [3.05, 3.63) is 23.8 Å². The normalized spacial score (nSPS) is 10.3. The lowest BCUT2D eigenvalue weighted by atomic mass is 10.2. The van der Waals surface area contributed by atoms with Crippen LogP contribution in [0.2, 0.25) is 0 Å². The third kappa shape index (κ3) is 5.09. The summed E-state index contributed by atoms with van der Waals surface area (Å²) in [7, 11) is 0. The quantitative estimate of drug-likeness (QED) is 0.705. The van der Waals surface area contributed by atoms with Gasteiger partial charge in [-0.2, -0.15) is 0 Å². The van der Waals surface area contributed by atoms with E-state index >= 15 is 0 Å². The second-order valence-electron chi connectivity index (χ2n) is 3.98. The second-order valence-corrected chi connectivity index (χ2v) is 3.98. The zero-order valence-corrected chi connectivity index (χ0v) is 11.1. The molecule has 0 bridgehead atoms. The van der Waals surface area contributed by atoms with Crippen molar-refractivity contribution in [3.63, 3.8) is 0 Å². The van der Waals surface area contributed by atoms with Crippen LogP contribution in [-0.4, -0.2) is 26.3 Å². The maximum absolute atomic E-state index is 5.63. The van der Waals surface area contributed by atoms with Gasteiger partial charge >= 0.3 is 0 Å². The molecule has 0 heterocycles. The number of likely N-dealkylation sites (N-methyl/N-ethyl adjacent to an activating group) is 1. The Morgan fingerprint density at radius 1 is 1.12 bits per heavy atom. The van der Waals surface area contributed by atoms with Crippen molar-refractivity contribution < 1.29 is 9.47 Å². The highest BCUT2D eigenvalue weighted by molar-refractivity contribution is 5.39. The maximum Gasteiger partial charge on any atom is 0.122 e. The van der Waals surface area contributed by atoms with Gasteiger partial charge in [0, 0.05) is 6.54 Å². The van der Waals surface area contributed by atoms with Crippen LogP contribution in [0.25, 0.3) is 0 Å². The highest BCUT2D eigenvalue weighted by atomic mass is 16.5. The van der Waals surface area contributed by atoms with Crippen LogP contribution in [0.3, 0.4) is 0 Å². The van der Waals surface area contributed by atoms with Crippen molar-refractivity contribution in [1.82, 2.24) is 5.32 Å². The Balaban J connectivity index is 2.44. The third-order valence-corrected chi connectivity index (χ3v) is 2.41. The standard InChI is InChI=1S/C14H23NO2/c1-4-9-17-14-7-6-13(11-12(14)3)16-10-8-15-5-2/h6-7,11,15H,4-5,8-10H2,1-3H3. The average molecular weight is 237 g/mol. The van der Waals surface area contributed by atoms with Gasteiger partial charge in [0.2, 0.25) is 0 Å². The van der Waals surface area contributed by atoms with Crippen molar-refractivity contribution in [2.24, 2.45) is 0 Å². The minimum Gasteiger partial charge on any atom is -0.493 e. The first-order valence-corrected chi connectivity index (χ1v) is 6.34. The number of hydrogen-bond donors (Lipinski definition) is 1. The summed E-state index contributed by atoms with van der Waals surface area (Å²) in [6, 6.07) is 5.97. The Hall–Kier alpha value is -1.22. The topological polar surface area (TPSA) is 30.5 Å². The summed E-state index contributed by atoms with van der Waals surface area (Å²) in [6.07, 6.45) is 1.03. The molecule has 96 valence electrons. The number of nitrogens with one attached hydrogen (secondary N) is 1. The van der Waals surface area contributed by atoms with E-state index in [4.69, 9.17) is 9.47 Å². The van der Waals surface area contributed by atoms with Crippen LogP contribution in [0.4, 0.5) is 0 Å². The predicted octanol–water partition coefficient (Wildman–Crippen LogP) is 2.77. The molecule has 1 aromatic carbocycles. The molecule has 17 heavy (non-hydrogen) atoms. The molecule has 3 heteroatoms. The van der Waals surface area contributed by atoms with E-state index in [1.165, 1.54) is 0 Å². The van der Waals surface area contributed by atoms with E-state index in [0.29, 0.717) is 6.61 Å². The van der Waals surface area contributed by atoms with E-state index in [0.717, 1.165) is 43.2 Å². The summed E-state index contributed by atoms with van der Waals surface area (Å²) >= 11 is 0. The molecule has 0 saturated carbocycles.